The van der Waals surface area contributed by atoms with Crippen molar-refractivity contribution in [2.24, 2.45) is 7.05 Å². The van der Waals surface area contributed by atoms with Crippen molar-refractivity contribution in [3.05, 3.63) is 57.9 Å². The number of aliphatic hydroxyl groups is 1. The van der Waals surface area contributed by atoms with Gasteiger partial charge in [0.05, 0.1) is 24.2 Å². The fourth-order valence-electron chi connectivity index (χ4n) is 2.76. The van der Waals surface area contributed by atoms with Gasteiger partial charge in [0.1, 0.15) is 10.7 Å². The zero-order valence-electron chi connectivity index (χ0n) is 14.1. The van der Waals surface area contributed by atoms with Crippen LogP contribution in [0.25, 0.3) is 0 Å². The summed E-state index contributed by atoms with van der Waals surface area (Å²) in [5.41, 5.74) is -0.0953. The maximum atomic E-state index is 12.8. The Morgan fingerprint density at radius 2 is 2.16 bits per heavy atom. The summed E-state index contributed by atoms with van der Waals surface area (Å²) in [6.07, 6.45) is 1.44. The molecule has 2 N–H and O–H groups in total. The van der Waals surface area contributed by atoms with Crippen molar-refractivity contribution in [1.29, 1.82) is 0 Å². The number of thiophene rings is 1. The zero-order chi connectivity index (χ0) is 18.2. The van der Waals surface area contributed by atoms with Crippen molar-refractivity contribution in [3.63, 3.8) is 0 Å². The smallest absolute Gasteiger partial charge is 0.244 e. The Morgan fingerprint density at radius 3 is 2.68 bits per heavy atom. The molecule has 1 unspecified atom stereocenters. The molecule has 0 aliphatic heterocycles. The molecule has 3 aromatic rings. The van der Waals surface area contributed by atoms with Gasteiger partial charge in [-0.15, -0.1) is 0 Å². The fourth-order valence-corrected chi connectivity index (χ4v) is 4.98. The molecule has 3 heterocycles. The van der Waals surface area contributed by atoms with Gasteiger partial charge in [-0.1, -0.05) is 0 Å². The summed E-state index contributed by atoms with van der Waals surface area (Å²) < 4.78 is 34.9. The maximum Gasteiger partial charge on any atom is 0.244 e. The van der Waals surface area contributed by atoms with Crippen molar-refractivity contribution >= 4 is 21.4 Å². The van der Waals surface area contributed by atoms with Crippen LogP contribution in [-0.4, -0.2) is 29.8 Å². The highest BCUT2D eigenvalue weighted by molar-refractivity contribution is 7.89. The highest BCUT2D eigenvalue weighted by Gasteiger charge is 2.37. The molecular formula is C16H19N3O4S2. The van der Waals surface area contributed by atoms with Gasteiger partial charge in [0.2, 0.25) is 10.0 Å². The van der Waals surface area contributed by atoms with Crippen LogP contribution in [0.1, 0.15) is 22.7 Å². The molecule has 7 nitrogen and oxygen atoms in total. The van der Waals surface area contributed by atoms with E-state index < -0.39 is 15.6 Å². The van der Waals surface area contributed by atoms with Crippen molar-refractivity contribution < 1.29 is 17.9 Å². The van der Waals surface area contributed by atoms with Gasteiger partial charge < -0.3 is 9.52 Å². The van der Waals surface area contributed by atoms with Gasteiger partial charge in [0.15, 0.2) is 5.60 Å². The summed E-state index contributed by atoms with van der Waals surface area (Å²) in [4.78, 5) is 0.127. The van der Waals surface area contributed by atoms with E-state index in [1.165, 1.54) is 22.3 Å². The van der Waals surface area contributed by atoms with Crippen LogP contribution < -0.4 is 4.72 Å². The van der Waals surface area contributed by atoms with Crippen molar-refractivity contribution in [2.75, 3.05) is 6.54 Å². The van der Waals surface area contributed by atoms with Gasteiger partial charge in [-0.25, -0.2) is 13.1 Å². The molecular weight excluding hydrogens is 362 g/mol. The fraction of sp³-hybridized carbons (Fsp3) is 0.312. The first kappa shape index (κ1) is 17.9. The molecule has 0 spiro atoms. The molecule has 0 aromatic carbocycles. The number of furan rings is 1. The van der Waals surface area contributed by atoms with Gasteiger partial charge >= 0.3 is 0 Å². The second-order valence-electron chi connectivity index (χ2n) is 5.80. The average Bonchev–Trinajstić information content (AvgIpc) is 3.28. The SMILES string of the molecule is Cc1nn(C)c(C)c1S(=O)(=O)NCC(O)(c1ccsc1)c1ccco1. The Kier molecular flexibility index (Phi) is 4.58. The second-order valence-corrected chi connectivity index (χ2v) is 8.28. The van der Waals surface area contributed by atoms with Crippen molar-refractivity contribution in [1.82, 2.24) is 14.5 Å². The van der Waals surface area contributed by atoms with Crippen molar-refractivity contribution in [3.8, 4) is 0 Å². The Bertz CT molecular complexity index is 923. The first-order chi connectivity index (χ1) is 11.8. The Hall–Kier alpha value is -1.94. The predicted molar refractivity (Wildman–Crippen MR) is 93.9 cm³/mol. The molecule has 3 aromatic heterocycles. The van der Waals surface area contributed by atoms with E-state index >= 15 is 0 Å². The normalized spacial score (nSPS) is 14.6. The van der Waals surface area contributed by atoms with Gasteiger partial charge in [-0.3, -0.25) is 4.68 Å². The summed E-state index contributed by atoms with van der Waals surface area (Å²) in [6.45, 7) is 3.07. The average molecular weight is 381 g/mol. The third kappa shape index (κ3) is 3.15. The van der Waals surface area contributed by atoms with E-state index in [0.29, 0.717) is 17.0 Å². The van der Waals surface area contributed by atoms with Crippen LogP contribution in [0.3, 0.4) is 0 Å². The molecule has 0 aliphatic rings. The molecule has 0 aliphatic carbocycles. The molecule has 25 heavy (non-hydrogen) atoms. The largest absolute Gasteiger partial charge is 0.466 e. The van der Waals surface area contributed by atoms with E-state index in [4.69, 9.17) is 4.42 Å². The summed E-state index contributed by atoms with van der Waals surface area (Å²) in [7, 11) is -2.16. The van der Waals surface area contributed by atoms with Crippen LogP contribution in [-0.2, 0) is 22.7 Å². The van der Waals surface area contributed by atoms with Crippen LogP contribution >= 0.6 is 11.3 Å². The summed E-state index contributed by atoms with van der Waals surface area (Å²) in [6, 6.07) is 5.01. The lowest BCUT2D eigenvalue weighted by molar-refractivity contribution is 0.0623. The molecule has 0 fully saturated rings. The molecule has 9 heteroatoms. The lowest BCUT2D eigenvalue weighted by Gasteiger charge is -2.25. The number of nitrogens with zero attached hydrogens (tertiary/aromatic N) is 2. The highest BCUT2D eigenvalue weighted by atomic mass is 32.2. The minimum Gasteiger partial charge on any atom is -0.466 e. The van der Waals surface area contributed by atoms with Gasteiger partial charge in [0.25, 0.3) is 0 Å². The molecule has 0 amide bonds. The minimum atomic E-state index is -3.85. The van der Waals surface area contributed by atoms with Crippen LogP contribution in [0.4, 0.5) is 0 Å². The second kappa shape index (κ2) is 6.41. The number of sulfonamides is 1. The van der Waals surface area contributed by atoms with Crippen LogP contribution in [0.5, 0.6) is 0 Å². The van der Waals surface area contributed by atoms with E-state index in [0.717, 1.165) is 0 Å². The quantitative estimate of drug-likeness (QED) is 0.680. The van der Waals surface area contributed by atoms with Gasteiger partial charge in [-0.05, 0) is 42.8 Å². The van der Waals surface area contributed by atoms with E-state index in [2.05, 4.69) is 9.82 Å². The van der Waals surface area contributed by atoms with E-state index in [9.17, 15) is 13.5 Å². The number of nitrogens with one attached hydrogen (secondary N) is 1. The number of hydrogen-bond acceptors (Lipinski definition) is 6. The Morgan fingerprint density at radius 1 is 1.40 bits per heavy atom. The van der Waals surface area contributed by atoms with Crippen LogP contribution in [0.15, 0.2) is 44.5 Å². The number of rotatable bonds is 6. The number of hydrogen-bond donors (Lipinski definition) is 2. The lowest BCUT2D eigenvalue weighted by atomic mass is 9.94. The maximum absolute atomic E-state index is 12.8. The van der Waals surface area contributed by atoms with Gasteiger partial charge in [0, 0.05) is 12.6 Å². The van der Waals surface area contributed by atoms with Gasteiger partial charge in [-0.2, -0.15) is 16.4 Å². The highest BCUT2D eigenvalue weighted by Crippen LogP contribution is 2.31. The molecule has 0 radical (unpaired) electrons. The lowest BCUT2D eigenvalue weighted by Crippen LogP contribution is -2.41. The van der Waals surface area contributed by atoms with Crippen LogP contribution in [0.2, 0.25) is 0 Å². The van der Waals surface area contributed by atoms with Crippen molar-refractivity contribution in [2.45, 2.75) is 24.3 Å². The zero-order valence-corrected chi connectivity index (χ0v) is 15.7. The van der Waals surface area contributed by atoms with E-state index in [1.807, 2.05) is 5.38 Å². The third-order valence-electron chi connectivity index (χ3n) is 4.16. The molecule has 134 valence electrons. The molecule has 0 saturated heterocycles. The van der Waals surface area contributed by atoms with E-state index in [-0.39, 0.29) is 17.2 Å². The Labute approximate surface area is 150 Å². The minimum absolute atomic E-state index is 0.127. The topological polar surface area (TPSA) is 97.4 Å². The van der Waals surface area contributed by atoms with E-state index in [1.54, 1.807) is 44.5 Å². The third-order valence-corrected chi connectivity index (χ3v) is 6.49. The first-order valence-electron chi connectivity index (χ1n) is 7.54. The first-order valence-corrected chi connectivity index (χ1v) is 9.97. The predicted octanol–water partition coefficient (Wildman–Crippen LogP) is 1.91. The van der Waals surface area contributed by atoms with Crippen LogP contribution in [0, 0.1) is 13.8 Å². The monoisotopic (exact) mass is 381 g/mol. The molecule has 0 saturated carbocycles. The number of aromatic nitrogens is 2. The molecule has 1 atom stereocenters. The number of aryl methyl sites for hydroxylation is 2. The summed E-state index contributed by atoms with van der Waals surface area (Å²) in [5, 5.41) is 18.9. The standard InChI is InChI=1S/C16H19N3O4S2/c1-11-15(12(2)19(3)18-11)25(21,22)17-10-16(20,13-6-8-24-9-13)14-5-4-7-23-14/h4-9,17,20H,10H2,1-3H3. The Balaban J connectivity index is 1.94. The molecule has 3 rings (SSSR count). The molecule has 0 bridgehead atoms. The summed E-state index contributed by atoms with van der Waals surface area (Å²) in [5.74, 6) is 0.272. The summed E-state index contributed by atoms with van der Waals surface area (Å²) >= 11 is 1.41.